The van der Waals surface area contributed by atoms with Crippen LogP contribution in [-0.2, 0) is 0 Å². The van der Waals surface area contributed by atoms with E-state index in [1.165, 1.54) is 64.3 Å². The van der Waals surface area contributed by atoms with Crippen LogP contribution in [0, 0.1) is 11.3 Å². The Morgan fingerprint density at radius 1 is 1.18 bits per heavy atom. The fourth-order valence-electron chi connectivity index (χ4n) is 3.79. The Bertz CT molecular complexity index is 221. The molecule has 2 nitrogen and oxygen atoms in total. The number of hydrogen-bond acceptors (Lipinski definition) is 2. The van der Waals surface area contributed by atoms with E-state index in [1.54, 1.807) is 0 Å². The van der Waals surface area contributed by atoms with Crippen LogP contribution < -0.4 is 11.1 Å². The van der Waals surface area contributed by atoms with E-state index in [0.29, 0.717) is 5.41 Å². The van der Waals surface area contributed by atoms with Gasteiger partial charge in [0.2, 0.25) is 0 Å². The minimum atomic E-state index is 0.482. The molecule has 0 amide bonds. The first-order valence-corrected chi connectivity index (χ1v) is 7.68. The van der Waals surface area contributed by atoms with E-state index in [-0.39, 0.29) is 0 Å². The highest BCUT2D eigenvalue weighted by atomic mass is 14.9. The van der Waals surface area contributed by atoms with Gasteiger partial charge < -0.3 is 11.1 Å². The monoisotopic (exact) mass is 238 g/mol. The van der Waals surface area contributed by atoms with Crippen LogP contribution in [0.2, 0.25) is 0 Å². The van der Waals surface area contributed by atoms with Gasteiger partial charge in [0.25, 0.3) is 0 Å². The summed E-state index contributed by atoms with van der Waals surface area (Å²) in [5.74, 6) is 0.936. The van der Waals surface area contributed by atoms with Gasteiger partial charge >= 0.3 is 0 Å². The average Bonchev–Trinajstić information content (AvgIpc) is 2.76. The third-order valence-corrected chi connectivity index (χ3v) is 5.13. The molecule has 2 saturated carbocycles. The normalized spacial score (nSPS) is 32.8. The van der Waals surface area contributed by atoms with Gasteiger partial charge in [-0.2, -0.15) is 0 Å². The molecule has 100 valence electrons. The first-order valence-electron chi connectivity index (χ1n) is 7.68. The zero-order valence-electron chi connectivity index (χ0n) is 11.5. The van der Waals surface area contributed by atoms with Crippen LogP contribution in [0.15, 0.2) is 0 Å². The molecule has 2 unspecified atom stereocenters. The van der Waals surface area contributed by atoms with Crippen molar-refractivity contribution in [3.8, 4) is 0 Å². The molecule has 0 radical (unpaired) electrons. The summed E-state index contributed by atoms with van der Waals surface area (Å²) in [5.41, 5.74) is 6.51. The highest BCUT2D eigenvalue weighted by Crippen LogP contribution is 2.38. The molecule has 0 saturated heterocycles. The molecule has 2 aliphatic rings. The van der Waals surface area contributed by atoms with Crippen molar-refractivity contribution in [1.82, 2.24) is 5.32 Å². The molecule has 0 aromatic rings. The van der Waals surface area contributed by atoms with Crippen molar-refractivity contribution in [1.29, 1.82) is 0 Å². The number of nitrogens with two attached hydrogens (primary N) is 1. The van der Waals surface area contributed by atoms with Gasteiger partial charge in [0, 0.05) is 6.04 Å². The summed E-state index contributed by atoms with van der Waals surface area (Å²) in [7, 11) is 0. The fraction of sp³-hybridized carbons (Fsp3) is 1.00. The zero-order valence-corrected chi connectivity index (χ0v) is 11.5. The van der Waals surface area contributed by atoms with Crippen LogP contribution in [0.4, 0.5) is 0 Å². The molecule has 0 aliphatic heterocycles. The van der Waals surface area contributed by atoms with Gasteiger partial charge in [0.1, 0.15) is 0 Å². The Balaban J connectivity index is 1.69. The highest BCUT2D eigenvalue weighted by molar-refractivity contribution is 4.85. The Hall–Kier alpha value is -0.0800. The number of hydrogen-bond donors (Lipinski definition) is 2. The summed E-state index contributed by atoms with van der Waals surface area (Å²) in [6.07, 6.45) is 12.4. The largest absolute Gasteiger partial charge is 0.330 e. The van der Waals surface area contributed by atoms with Gasteiger partial charge in [0.05, 0.1) is 0 Å². The van der Waals surface area contributed by atoms with Crippen molar-refractivity contribution in [2.45, 2.75) is 70.8 Å². The molecule has 0 aromatic heterocycles. The highest BCUT2D eigenvalue weighted by Gasteiger charge is 2.30. The Kier molecular flexibility index (Phi) is 4.87. The van der Waals surface area contributed by atoms with E-state index in [2.05, 4.69) is 12.2 Å². The first kappa shape index (κ1) is 13.4. The van der Waals surface area contributed by atoms with Crippen LogP contribution in [0.25, 0.3) is 0 Å². The Morgan fingerprint density at radius 3 is 2.53 bits per heavy atom. The van der Waals surface area contributed by atoms with Gasteiger partial charge in [-0.15, -0.1) is 0 Å². The maximum Gasteiger partial charge on any atom is 0.00697 e. The molecule has 0 heterocycles. The fourth-order valence-corrected chi connectivity index (χ4v) is 3.79. The molecule has 0 spiro atoms. The third kappa shape index (κ3) is 3.69. The molecule has 2 atom stereocenters. The molecule has 17 heavy (non-hydrogen) atoms. The molecule has 2 aliphatic carbocycles. The first-order chi connectivity index (χ1) is 8.24. The van der Waals surface area contributed by atoms with Crippen molar-refractivity contribution in [2.75, 3.05) is 13.1 Å². The van der Waals surface area contributed by atoms with Gasteiger partial charge in [0.15, 0.2) is 0 Å². The van der Waals surface area contributed by atoms with Crippen molar-refractivity contribution >= 4 is 0 Å². The molecule has 0 bridgehead atoms. The molecular formula is C15H30N2. The van der Waals surface area contributed by atoms with E-state index in [4.69, 9.17) is 5.73 Å². The Labute approximate surface area is 107 Å². The predicted octanol–water partition coefficient (Wildman–Crippen LogP) is 3.06. The molecule has 3 N–H and O–H groups in total. The maximum absolute atomic E-state index is 6.03. The van der Waals surface area contributed by atoms with Crippen LogP contribution in [0.3, 0.4) is 0 Å². The smallest absolute Gasteiger partial charge is 0.00697 e. The van der Waals surface area contributed by atoms with E-state index in [1.807, 2.05) is 0 Å². The molecular weight excluding hydrogens is 208 g/mol. The van der Waals surface area contributed by atoms with Crippen molar-refractivity contribution < 1.29 is 0 Å². The maximum atomic E-state index is 6.03. The average molecular weight is 238 g/mol. The second kappa shape index (κ2) is 6.19. The second-order valence-electron chi connectivity index (χ2n) is 6.58. The van der Waals surface area contributed by atoms with E-state index in [0.717, 1.165) is 18.5 Å². The van der Waals surface area contributed by atoms with E-state index in [9.17, 15) is 0 Å². The lowest BCUT2D eigenvalue weighted by Gasteiger charge is -2.36. The lowest BCUT2D eigenvalue weighted by molar-refractivity contribution is 0.179. The second-order valence-corrected chi connectivity index (χ2v) is 6.58. The van der Waals surface area contributed by atoms with Crippen LogP contribution in [0.5, 0.6) is 0 Å². The Morgan fingerprint density at radius 2 is 1.94 bits per heavy atom. The summed E-state index contributed by atoms with van der Waals surface area (Å²) >= 11 is 0. The van der Waals surface area contributed by atoms with Gasteiger partial charge in [-0.1, -0.05) is 26.2 Å². The topological polar surface area (TPSA) is 38.0 Å². The molecule has 2 fully saturated rings. The van der Waals surface area contributed by atoms with Crippen LogP contribution >= 0.6 is 0 Å². The predicted molar refractivity (Wildman–Crippen MR) is 74.0 cm³/mol. The lowest BCUT2D eigenvalue weighted by atomic mass is 9.72. The summed E-state index contributed by atoms with van der Waals surface area (Å²) in [6, 6.07) is 0.795. The van der Waals surface area contributed by atoms with Crippen molar-refractivity contribution in [3.63, 3.8) is 0 Å². The third-order valence-electron chi connectivity index (χ3n) is 5.13. The number of rotatable bonds is 5. The summed E-state index contributed by atoms with van der Waals surface area (Å²) in [6.45, 7) is 4.47. The minimum Gasteiger partial charge on any atom is -0.330 e. The lowest BCUT2D eigenvalue weighted by Crippen LogP contribution is -2.37. The standard InChI is InChI=1S/C15H30N2/c1-13-5-6-14(11-13)17-10-9-15(12-16)7-3-2-4-8-15/h13-14,17H,2-12,16H2,1H3. The van der Waals surface area contributed by atoms with Gasteiger partial charge in [-0.25, -0.2) is 0 Å². The zero-order chi connectivity index (χ0) is 12.1. The summed E-state index contributed by atoms with van der Waals surface area (Å²) in [4.78, 5) is 0. The summed E-state index contributed by atoms with van der Waals surface area (Å²) in [5, 5.41) is 3.76. The van der Waals surface area contributed by atoms with E-state index < -0.39 is 0 Å². The molecule has 0 aromatic carbocycles. The van der Waals surface area contributed by atoms with Gasteiger partial charge in [-0.3, -0.25) is 0 Å². The van der Waals surface area contributed by atoms with Crippen molar-refractivity contribution in [2.24, 2.45) is 17.1 Å². The quantitative estimate of drug-likeness (QED) is 0.772. The van der Waals surface area contributed by atoms with Crippen molar-refractivity contribution in [3.05, 3.63) is 0 Å². The van der Waals surface area contributed by atoms with Crippen LogP contribution in [0.1, 0.15) is 64.7 Å². The molecule has 2 heteroatoms. The van der Waals surface area contributed by atoms with Gasteiger partial charge in [-0.05, 0) is 62.9 Å². The SMILES string of the molecule is CC1CCC(NCCC2(CN)CCCCC2)C1. The van der Waals surface area contributed by atoms with Crippen LogP contribution in [-0.4, -0.2) is 19.1 Å². The summed E-state index contributed by atoms with van der Waals surface area (Å²) < 4.78 is 0. The van der Waals surface area contributed by atoms with E-state index >= 15 is 0 Å². The minimum absolute atomic E-state index is 0.482. The molecule has 2 rings (SSSR count). The number of nitrogens with one attached hydrogen (secondary N) is 1.